The Morgan fingerprint density at radius 3 is 2.38 bits per heavy atom. The predicted molar refractivity (Wildman–Crippen MR) is 68.9 cm³/mol. The van der Waals surface area contributed by atoms with E-state index in [2.05, 4.69) is 10.2 Å². The van der Waals surface area contributed by atoms with Crippen LogP contribution >= 0.6 is 23.2 Å². The van der Waals surface area contributed by atoms with E-state index >= 15 is 0 Å². The summed E-state index contributed by atoms with van der Waals surface area (Å²) in [5.41, 5.74) is 1.22. The Balaban J connectivity index is 0.00000128. The van der Waals surface area contributed by atoms with Gasteiger partial charge in [0.2, 0.25) is 0 Å². The van der Waals surface area contributed by atoms with Crippen molar-refractivity contribution in [1.82, 2.24) is 10.2 Å². The minimum absolute atomic E-state index is 0. The van der Waals surface area contributed by atoms with Crippen molar-refractivity contribution >= 4 is 60.9 Å². The first-order valence-electron chi connectivity index (χ1n) is 4.18. The number of rotatable bonds is 1. The van der Waals surface area contributed by atoms with Crippen LogP contribution in [0.5, 0.6) is 0 Å². The summed E-state index contributed by atoms with van der Waals surface area (Å²) in [6, 6.07) is 8.20. The first kappa shape index (κ1) is 14.0. The molecule has 6 heteroatoms. The van der Waals surface area contributed by atoms with E-state index in [4.69, 9.17) is 23.2 Å². The molecule has 0 unspecified atom stereocenters. The molecule has 2 rings (SSSR count). The van der Waals surface area contributed by atoms with Crippen LogP contribution in [0.1, 0.15) is 0 Å². The molecule has 0 atom stereocenters. The monoisotopic (exact) mass is 282 g/mol. The van der Waals surface area contributed by atoms with Gasteiger partial charge in [-0.15, -0.1) is 0 Å². The molecule has 1 N–H and O–H groups in total. The molecule has 2 aromatic rings. The van der Waals surface area contributed by atoms with Crippen molar-refractivity contribution in [2.75, 3.05) is 0 Å². The molecule has 16 heavy (non-hydrogen) atoms. The SMILES string of the molecule is O=c1ccc(-c2ccc(Cl)c(Cl)c2)n[nH]1.[CaH2]. The molecule has 3 nitrogen and oxygen atoms in total. The zero-order valence-corrected chi connectivity index (χ0v) is 9.01. The van der Waals surface area contributed by atoms with Gasteiger partial charge in [-0.3, -0.25) is 4.79 Å². The number of nitrogens with one attached hydrogen (secondary N) is 1. The minimum atomic E-state index is -0.237. The number of benzene rings is 1. The number of H-pyrrole nitrogens is 1. The maximum atomic E-state index is 10.8. The molecule has 0 aliphatic heterocycles. The van der Waals surface area contributed by atoms with Crippen molar-refractivity contribution in [2.45, 2.75) is 0 Å². The van der Waals surface area contributed by atoms with Gasteiger partial charge >= 0.3 is 37.7 Å². The van der Waals surface area contributed by atoms with Crippen LogP contribution in [0.3, 0.4) is 0 Å². The molecule has 0 bridgehead atoms. The van der Waals surface area contributed by atoms with Crippen LogP contribution in [0.4, 0.5) is 0 Å². The van der Waals surface area contributed by atoms with Crippen molar-refractivity contribution in [3.63, 3.8) is 0 Å². The summed E-state index contributed by atoms with van der Waals surface area (Å²) >= 11 is 11.6. The van der Waals surface area contributed by atoms with Gasteiger partial charge < -0.3 is 0 Å². The van der Waals surface area contributed by atoms with E-state index in [1.807, 2.05) is 0 Å². The van der Waals surface area contributed by atoms with E-state index in [1.165, 1.54) is 6.07 Å². The summed E-state index contributed by atoms with van der Waals surface area (Å²) in [7, 11) is 0. The van der Waals surface area contributed by atoms with Crippen molar-refractivity contribution < 1.29 is 0 Å². The molecule has 0 saturated carbocycles. The third kappa shape index (κ3) is 3.22. The number of hydrogen-bond acceptors (Lipinski definition) is 2. The molecule has 1 heterocycles. The van der Waals surface area contributed by atoms with Crippen LogP contribution < -0.4 is 5.56 Å². The molecule has 0 spiro atoms. The number of aromatic nitrogens is 2. The number of hydrogen-bond donors (Lipinski definition) is 1. The Labute approximate surface area is 132 Å². The van der Waals surface area contributed by atoms with E-state index in [0.29, 0.717) is 15.7 Å². The van der Waals surface area contributed by atoms with Crippen LogP contribution in [-0.2, 0) is 0 Å². The molecule has 0 aliphatic carbocycles. The second-order valence-electron chi connectivity index (χ2n) is 2.94. The third-order valence-electron chi connectivity index (χ3n) is 1.89. The van der Waals surface area contributed by atoms with Gasteiger partial charge in [0.05, 0.1) is 15.7 Å². The quantitative estimate of drug-likeness (QED) is 0.812. The first-order valence-corrected chi connectivity index (χ1v) is 4.93. The third-order valence-corrected chi connectivity index (χ3v) is 2.63. The van der Waals surface area contributed by atoms with Gasteiger partial charge in [0, 0.05) is 11.6 Å². The molecule has 1 aromatic heterocycles. The van der Waals surface area contributed by atoms with Gasteiger partial charge in [-0.25, -0.2) is 5.10 Å². The summed E-state index contributed by atoms with van der Waals surface area (Å²) < 4.78 is 0. The first-order chi connectivity index (χ1) is 7.16. The number of nitrogens with zero attached hydrogens (tertiary/aromatic N) is 1. The molecule has 1 aromatic carbocycles. The number of halogens is 2. The van der Waals surface area contributed by atoms with Crippen LogP contribution in [0, 0.1) is 0 Å². The zero-order chi connectivity index (χ0) is 10.8. The molecule has 0 fully saturated rings. The summed E-state index contributed by atoms with van der Waals surface area (Å²) in [4.78, 5) is 10.8. The molecule has 0 saturated heterocycles. The Hall–Kier alpha value is -0.0603. The Morgan fingerprint density at radius 2 is 1.81 bits per heavy atom. The van der Waals surface area contributed by atoms with Crippen molar-refractivity contribution in [1.29, 1.82) is 0 Å². The fraction of sp³-hybridized carbons (Fsp3) is 0. The summed E-state index contributed by atoms with van der Waals surface area (Å²) in [6.07, 6.45) is 0. The standard InChI is InChI=1S/C10H6Cl2N2O.Ca.2H/c11-7-2-1-6(5-8(7)12)9-3-4-10(15)14-13-9;;;/h1-5H,(H,14,15);;;. The van der Waals surface area contributed by atoms with Gasteiger partial charge in [0.15, 0.2) is 0 Å². The van der Waals surface area contributed by atoms with Gasteiger partial charge in [0.1, 0.15) is 0 Å². The van der Waals surface area contributed by atoms with Gasteiger partial charge in [-0.2, -0.15) is 5.10 Å². The van der Waals surface area contributed by atoms with E-state index in [-0.39, 0.29) is 43.3 Å². The summed E-state index contributed by atoms with van der Waals surface area (Å²) in [6.45, 7) is 0. The van der Waals surface area contributed by atoms with Crippen molar-refractivity contribution in [3.05, 3.63) is 50.7 Å². The fourth-order valence-corrected chi connectivity index (χ4v) is 1.46. The van der Waals surface area contributed by atoms with Crippen molar-refractivity contribution in [2.24, 2.45) is 0 Å². The van der Waals surface area contributed by atoms with Gasteiger partial charge in [-0.05, 0) is 18.2 Å². The van der Waals surface area contributed by atoms with E-state index in [1.54, 1.807) is 24.3 Å². The molecule has 0 amide bonds. The molecule has 0 aliphatic rings. The van der Waals surface area contributed by atoms with Crippen LogP contribution in [-0.4, -0.2) is 47.9 Å². The van der Waals surface area contributed by atoms with Gasteiger partial charge in [0.25, 0.3) is 5.56 Å². The molecular weight excluding hydrogens is 275 g/mol. The topological polar surface area (TPSA) is 45.8 Å². The fourth-order valence-electron chi connectivity index (χ4n) is 1.16. The normalized spacial score (nSPS) is 9.62. The summed E-state index contributed by atoms with van der Waals surface area (Å²) in [5.74, 6) is 0. The summed E-state index contributed by atoms with van der Waals surface area (Å²) in [5, 5.41) is 7.18. The average Bonchev–Trinajstić information content (AvgIpc) is 2.23. The Kier molecular flexibility index (Phi) is 5.28. The van der Waals surface area contributed by atoms with E-state index in [0.717, 1.165) is 5.56 Å². The zero-order valence-electron chi connectivity index (χ0n) is 7.50. The molecule has 0 radical (unpaired) electrons. The molecule has 80 valence electrons. The van der Waals surface area contributed by atoms with Crippen LogP contribution in [0.15, 0.2) is 35.1 Å². The second-order valence-corrected chi connectivity index (χ2v) is 3.75. The van der Waals surface area contributed by atoms with E-state index < -0.39 is 0 Å². The van der Waals surface area contributed by atoms with Crippen LogP contribution in [0.25, 0.3) is 11.3 Å². The van der Waals surface area contributed by atoms with E-state index in [9.17, 15) is 4.79 Å². The Bertz CT molecular complexity index is 536. The average molecular weight is 283 g/mol. The van der Waals surface area contributed by atoms with Gasteiger partial charge in [-0.1, -0.05) is 29.3 Å². The predicted octanol–water partition coefficient (Wildman–Crippen LogP) is 1.83. The van der Waals surface area contributed by atoms with Crippen molar-refractivity contribution in [3.8, 4) is 11.3 Å². The number of aromatic amines is 1. The molecular formula is C10H8CaCl2N2O. The Morgan fingerprint density at radius 1 is 1.06 bits per heavy atom. The maximum absolute atomic E-state index is 10.8. The second kappa shape index (κ2) is 6.03. The van der Waals surface area contributed by atoms with Crippen LogP contribution in [0.2, 0.25) is 10.0 Å².